The number of esters is 1. The lowest BCUT2D eigenvalue weighted by Gasteiger charge is -2.35. The maximum absolute atomic E-state index is 12.0. The fourth-order valence-corrected chi connectivity index (χ4v) is 2.04. The maximum atomic E-state index is 12.0. The highest BCUT2D eigenvalue weighted by molar-refractivity contribution is 5.81. The molecule has 0 radical (unpaired) electrons. The third-order valence-electron chi connectivity index (χ3n) is 3.18. The number of ether oxygens (including phenoxy) is 1. The van der Waals surface area contributed by atoms with E-state index in [1.54, 1.807) is 4.90 Å². The lowest BCUT2D eigenvalue weighted by atomic mass is 10.1. The van der Waals surface area contributed by atoms with Crippen LogP contribution in [0.1, 0.15) is 19.8 Å². The molecule has 1 atom stereocenters. The number of nitrogens with two attached hydrogens (primary N) is 1. The average molecular weight is 257 g/mol. The number of amides is 1. The second-order valence-corrected chi connectivity index (χ2v) is 4.57. The van der Waals surface area contributed by atoms with Gasteiger partial charge in [-0.25, -0.2) is 0 Å². The Morgan fingerprint density at radius 2 is 1.89 bits per heavy atom. The van der Waals surface area contributed by atoms with Crippen molar-refractivity contribution in [3.05, 3.63) is 0 Å². The van der Waals surface area contributed by atoms with E-state index in [0.717, 1.165) is 12.8 Å². The highest BCUT2D eigenvalue weighted by atomic mass is 16.5. The minimum Gasteiger partial charge on any atom is -0.468 e. The van der Waals surface area contributed by atoms with Crippen molar-refractivity contribution in [2.45, 2.75) is 25.8 Å². The standard InChI is InChI=1S/C12H23N3O3/c1-3-4-10(13)12(17)15-7-5-14(6-8-15)9-11(16)18-2/h10H,3-9,13H2,1-2H3/t10-/m1/s1. The first-order valence-electron chi connectivity index (χ1n) is 6.42. The van der Waals surface area contributed by atoms with E-state index in [4.69, 9.17) is 5.73 Å². The lowest BCUT2D eigenvalue weighted by molar-refractivity contribution is -0.142. The fourth-order valence-electron chi connectivity index (χ4n) is 2.04. The van der Waals surface area contributed by atoms with Gasteiger partial charge in [0.2, 0.25) is 5.91 Å². The van der Waals surface area contributed by atoms with Gasteiger partial charge in [0.1, 0.15) is 0 Å². The number of hydrogen-bond acceptors (Lipinski definition) is 5. The first kappa shape index (κ1) is 14.9. The normalized spacial score (nSPS) is 18.5. The summed E-state index contributed by atoms with van der Waals surface area (Å²) in [6, 6.07) is -0.387. The number of methoxy groups -OCH3 is 1. The van der Waals surface area contributed by atoms with E-state index in [9.17, 15) is 9.59 Å². The summed E-state index contributed by atoms with van der Waals surface area (Å²) in [4.78, 5) is 26.9. The second kappa shape index (κ2) is 7.33. The molecule has 2 N–H and O–H groups in total. The number of carbonyl (C=O) groups excluding carboxylic acids is 2. The molecule has 1 heterocycles. The van der Waals surface area contributed by atoms with Crippen LogP contribution in [0.15, 0.2) is 0 Å². The van der Waals surface area contributed by atoms with Crippen LogP contribution in [0.3, 0.4) is 0 Å². The van der Waals surface area contributed by atoms with Crippen LogP contribution in [0.4, 0.5) is 0 Å². The van der Waals surface area contributed by atoms with Gasteiger partial charge in [-0.15, -0.1) is 0 Å². The highest BCUT2D eigenvalue weighted by Gasteiger charge is 2.25. The van der Waals surface area contributed by atoms with E-state index in [1.165, 1.54) is 7.11 Å². The summed E-state index contributed by atoms with van der Waals surface area (Å²) < 4.78 is 4.62. The van der Waals surface area contributed by atoms with Gasteiger partial charge in [0.15, 0.2) is 0 Å². The molecule has 104 valence electrons. The van der Waals surface area contributed by atoms with Crippen LogP contribution in [0.25, 0.3) is 0 Å². The molecule has 0 bridgehead atoms. The summed E-state index contributed by atoms with van der Waals surface area (Å²) in [5.74, 6) is -0.216. The minimum absolute atomic E-state index is 0.0227. The van der Waals surface area contributed by atoms with Gasteiger partial charge in [-0.3, -0.25) is 14.5 Å². The molecule has 1 aliphatic rings. The number of nitrogens with zero attached hydrogens (tertiary/aromatic N) is 2. The predicted octanol–water partition coefficient (Wildman–Crippen LogP) is -0.569. The molecule has 1 fully saturated rings. The van der Waals surface area contributed by atoms with Crippen LogP contribution < -0.4 is 5.73 Å². The molecule has 1 rings (SSSR count). The fraction of sp³-hybridized carbons (Fsp3) is 0.833. The van der Waals surface area contributed by atoms with E-state index in [0.29, 0.717) is 32.7 Å². The van der Waals surface area contributed by atoms with Crippen molar-refractivity contribution in [2.75, 3.05) is 39.8 Å². The van der Waals surface area contributed by atoms with Gasteiger partial charge in [0.25, 0.3) is 0 Å². The molecular weight excluding hydrogens is 234 g/mol. The van der Waals surface area contributed by atoms with Crippen LogP contribution in [0.2, 0.25) is 0 Å². The van der Waals surface area contributed by atoms with E-state index in [1.807, 2.05) is 11.8 Å². The van der Waals surface area contributed by atoms with Crippen molar-refractivity contribution in [1.29, 1.82) is 0 Å². The Bertz CT molecular complexity index is 288. The molecule has 18 heavy (non-hydrogen) atoms. The van der Waals surface area contributed by atoms with Crippen molar-refractivity contribution in [3.63, 3.8) is 0 Å². The quantitative estimate of drug-likeness (QED) is 0.668. The first-order valence-corrected chi connectivity index (χ1v) is 6.42. The average Bonchev–Trinajstić information content (AvgIpc) is 2.39. The molecule has 0 saturated carbocycles. The molecule has 0 aromatic carbocycles. The minimum atomic E-state index is -0.387. The van der Waals surface area contributed by atoms with Gasteiger partial charge < -0.3 is 15.4 Å². The van der Waals surface area contributed by atoms with Crippen molar-refractivity contribution in [2.24, 2.45) is 5.73 Å². The van der Waals surface area contributed by atoms with E-state index in [-0.39, 0.29) is 17.9 Å². The monoisotopic (exact) mass is 257 g/mol. The zero-order valence-electron chi connectivity index (χ0n) is 11.2. The molecular formula is C12H23N3O3. The topological polar surface area (TPSA) is 75.9 Å². The van der Waals surface area contributed by atoms with Crippen molar-refractivity contribution >= 4 is 11.9 Å². The number of carbonyl (C=O) groups is 2. The molecule has 0 unspecified atom stereocenters. The molecule has 1 saturated heterocycles. The van der Waals surface area contributed by atoms with E-state index in [2.05, 4.69) is 4.74 Å². The maximum Gasteiger partial charge on any atom is 0.319 e. The Morgan fingerprint density at radius 1 is 1.28 bits per heavy atom. The van der Waals surface area contributed by atoms with Gasteiger partial charge in [-0.1, -0.05) is 13.3 Å². The zero-order valence-corrected chi connectivity index (χ0v) is 11.2. The SMILES string of the molecule is CCC[C@@H](N)C(=O)N1CCN(CC(=O)OC)CC1. The highest BCUT2D eigenvalue weighted by Crippen LogP contribution is 2.06. The third-order valence-corrected chi connectivity index (χ3v) is 3.18. The van der Waals surface area contributed by atoms with Crippen molar-refractivity contribution in [3.8, 4) is 0 Å². The molecule has 0 spiro atoms. The van der Waals surface area contributed by atoms with Crippen molar-refractivity contribution < 1.29 is 14.3 Å². The van der Waals surface area contributed by atoms with Crippen LogP contribution in [0.5, 0.6) is 0 Å². The van der Waals surface area contributed by atoms with Gasteiger partial charge in [-0.05, 0) is 6.42 Å². The van der Waals surface area contributed by atoms with E-state index < -0.39 is 0 Å². The first-order chi connectivity index (χ1) is 8.58. The van der Waals surface area contributed by atoms with Crippen LogP contribution >= 0.6 is 0 Å². The molecule has 1 amide bonds. The zero-order chi connectivity index (χ0) is 13.5. The van der Waals surface area contributed by atoms with E-state index >= 15 is 0 Å². The molecule has 6 nitrogen and oxygen atoms in total. The van der Waals surface area contributed by atoms with Gasteiger partial charge in [-0.2, -0.15) is 0 Å². The summed E-state index contributed by atoms with van der Waals surface area (Å²) >= 11 is 0. The predicted molar refractivity (Wildman–Crippen MR) is 67.9 cm³/mol. The lowest BCUT2D eigenvalue weighted by Crippen LogP contribution is -2.53. The Labute approximate surface area is 108 Å². The summed E-state index contributed by atoms with van der Waals surface area (Å²) in [6.07, 6.45) is 1.64. The van der Waals surface area contributed by atoms with Gasteiger partial charge in [0.05, 0.1) is 19.7 Å². The second-order valence-electron chi connectivity index (χ2n) is 4.57. The number of hydrogen-bond donors (Lipinski definition) is 1. The molecule has 6 heteroatoms. The Kier molecular flexibility index (Phi) is 6.07. The summed E-state index contributed by atoms with van der Waals surface area (Å²) in [5, 5.41) is 0. The Balaban J connectivity index is 2.34. The molecule has 0 aromatic heterocycles. The third kappa shape index (κ3) is 4.27. The smallest absolute Gasteiger partial charge is 0.319 e. The van der Waals surface area contributed by atoms with Gasteiger partial charge in [0, 0.05) is 26.2 Å². The summed E-state index contributed by atoms with van der Waals surface area (Å²) in [7, 11) is 1.38. The van der Waals surface area contributed by atoms with Gasteiger partial charge >= 0.3 is 5.97 Å². The Hall–Kier alpha value is -1.14. The molecule has 0 aromatic rings. The van der Waals surface area contributed by atoms with Crippen molar-refractivity contribution in [1.82, 2.24) is 9.80 Å². The summed E-state index contributed by atoms with van der Waals surface area (Å²) in [5.41, 5.74) is 5.82. The molecule has 0 aliphatic carbocycles. The Morgan fingerprint density at radius 3 is 2.39 bits per heavy atom. The largest absolute Gasteiger partial charge is 0.468 e. The summed E-state index contributed by atoms with van der Waals surface area (Å²) in [6.45, 7) is 4.96. The number of piperazine rings is 1. The van der Waals surface area contributed by atoms with Crippen LogP contribution in [-0.4, -0.2) is 67.6 Å². The molecule has 1 aliphatic heterocycles. The van der Waals surface area contributed by atoms with Crippen LogP contribution in [0, 0.1) is 0 Å². The number of rotatable bonds is 5. The van der Waals surface area contributed by atoms with Crippen LogP contribution in [-0.2, 0) is 14.3 Å².